The highest BCUT2D eigenvalue weighted by Crippen LogP contribution is 2.36. The van der Waals surface area contributed by atoms with Gasteiger partial charge in [-0.2, -0.15) is 4.31 Å². The predicted molar refractivity (Wildman–Crippen MR) is 120 cm³/mol. The third-order valence-electron chi connectivity index (χ3n) is 5.41. The predicted octanol–water partition coefficient (Wildman–Crippen LogP) is 4.14. The van der Waals surface area contributed by atoms with Crippen LogP contribution in [-0.2, 0) is 19.6 Å². The van der Waals surface area contributed by atoms with Crippen molar-refractivity contribution in [3.63, 3.8) is 0 Å². The van der Waals surface area contributed by atoms with Gasteiger partial charge < -0.3 is 0 Å². The highest BCUT2D eigenvalue weighted by molar-refractivity contribution is 7.91. The van der Waals surface area contributed by atoms with Crippen molar-refractivity contribution in [2.45, 2.75) is 36.6 Å². The molecule has 0 spiro atoms. The Kier molecular flexibility index (Phi) is 5.79. The maximum atomic E-state index is 13.6. The fourth-order valence-corrected chi connectivity index (χ4v) is 6.67. The van der Waals surface area contributed by atoms with Crippen LogP contribution in [0.1, 0.15) is 30.5 Å². The summed E-state index contributed by atoms with van der Waals surface area (Å²) >= 11 is 1.09. The molecule has 2 aromatic carbocycles. The van der Waals surface area contributed by atoms with Gasteiger partial charge in [0.25, 0.3) is 15.9 Å². The Bertz CT molecular complexity index is 1190. The van der Waals surface area contributed by atoms with Crippen LogP contribution in [0.25, 0.3) is 0 Å². The Balaban J connectivity index is 1.78. The summed E-state index contributed by atoms with van der Waals surface area (Å²) in [6, 6.07) is 17.6. The maximum absolute atomic E-state index is 13.6. The minimum atomic E-state index is -4.01. The summed E-state index contributed by atoms with van der Waals surface area (Å²) in [5.41, 5.74) is 2.19. The summed E-state index contributed by atoms with van der Waals surface area (Å²) in [5, 5.41) is 1.68. The van der Waals surface area contributed by atoms with Crippen molar-refractivity contribution < 1.29 is 18.0 Å². The van der Waals surface area contributed by atoms with Crippen LogP contribution >= 0.6 is 11.3 Å². The highest BCUT2D eigenvalue weighted by Gasteiger charge is 2.49. The van der Waals surface area contributed by atoms with E-state index in [1.807, 2.05) is 49.4 Å². The molecule has 0 N–H and O–H groups in total. The molecule has 1 aliphatic heterocycles. The summed E-state index contributed by atoms with van der Waals surface area (Å²) in [7, 11) is -4.01. The van der Waals surface area contributed by atoms with Crippen LogP contribution in [0.5, 0.6) is 0 Å². The number of anilines is 1. The first kappa shape index (κ1) is 21.4. The number of carbonyl (C=O) groups excluding carboxylic acids is 2. The molecule has 1 saturated heterocycles. The van der Waals surface area contributed by atoms with Gasteiger partial charge in [-0.05, 0) is 43.0 Å². The van der Waals surface area contributed by atoms with E-state index in [4.69, 9.17) is 0 Å². The molecular weight excluding hydrogens is 432 g/mol. The van der Waals surface area contributed by atoms with Gasteiger partial charge in [-0.1, -0.05) is 54.1 Å². The van der Waals surface area contributed by atoms with E-state index in [9.17, 15) is 18.0 Å². The summed E-state index contributed by atoms with van der Waals surface area (Å²) in [6.45, 7) is 3.66. The second kappa shape index (κ2) is 8.37. The normalized spacial score (nSPS) is 18.0. The molecule has 8 heteroatoms. The molecule has 2 heterocycles. The van der Waals surface area contributed by atoms with Crippen molar-refractivity contribution in [2.75, 3.05) is 4.90 Å². The lowest BCUT2D eigenvalue weighted by atomic mass is 10.1. The Hall–Kier alpha value is -2.81. The molecular formula is C23H22N2O4S2. The van der Waals surface area contributed by atoms with Gasteiger partial charge in [0.1, 0.15) is 10.3 Å². The summed E-state index contributed by atoms with van der Waals surface area (Å²) in [6.07, 6.45) is -0.200. The number of nitrogens with zero attached hydrogens (tertiary/aromatic N) is 2. The van der Waals surface area contributed by atoms with Crippen LogP contribution < -0.4 is 4.90 Å². The van der Waals surface area contributed by atoms with Crippen LogP contribution in [0.15, 0.2) is 76.3 Å². The van der Waals surface area contributed by atoms with E-state index in [1.54, 1.807) is 30.5 Å². The Labute approximate surface area is 185 Å². The monoisotopic (exact) mass is 454 g/mol. The van der Waals surface area contributed by atoms with E-state index >= 15 is 0 Å². The maximum Gasteiger partial charge on any atom is 0.253 e. The number of rotatable bonds is 6. The SMILES string of the molecule is Cc1ccc(N2C(=O)CC(N(C(C)c3ccccc3)S(=O)(=O)c3cccs3)C2=O)cc1. The Morgan fingerprint density at radius 1 is 1.00 bits per heavy atom. The summed E-state index contributed by atoms with van der Waals surface area (Å²) in [4.78, 5) is 27.3. The van der Waals surface area contributed by atoms with Gasteiger partial charge in [-0.3, -0.25) is 9.59 Å². The lowest BCUT2D eigenvalue weighted by Gasteiger charge is -2.32. The van der Waals surface area contributed by atoms with Crippen molar-refractivity contribution in [2.24, 2.45) is 0 Å². The van der Waals surface area contributed by atoms with E-state index in [0.29, 0.717) is 5.69 Å². The van der Waals surface area contributed by atoms with E-state index < -0.39 is 33.9 Å². The Morgan fingerprint density at radius 3 is 2.29 bits per heavy atom. The molecule has 0 radical (unpaired) electrons. The molecule has 2 amide bonds. The average molecular weight is 455 g/mol. The number of hydrogen-bond donors (Lipinski definition) is 0. The van der Waals surface area contributed by atoms with E-state index in [2.05, 4.69) is 0 Å². The molecule has 0 bridgehead atoms. The molecule has 0 aliphatic carbocycles. The molecule has 1 aromatic heterocycles. The molecule has 31 heavy (non-hydrogen) atoms. The fraction of sp³-hybridized carbons (Fsp3) is 0.217. The van der Waals surface area contributed by atoms with E-state index in [-0.39, 0.29) is 10.6 Å². The third-order valence-corrected chi connectivity index (χ3v) is 8.77. The number of sulfonamides is 1. The van der Waals surface area contributed by atoms with Gasteiger partial charge in [-0.15, -0.1) is 11.3 Å². The van der Waals surface area contributed by atoms with Crippen LogP contribution in [0.2, 0.25) is 0 Å². The first-order valence-corrected chi connectivity index (χ1v) is 12.2. The number of hydrogen-bond acceptors (Lipinski definition) is 5. The largest absolute Gasteiger partial charge is 0.274 e. The molecule has 2 atom stereocenters. The number of thiophene rings is 1. The lowest BCUT2D eigenvalue weighted by molar-refractivity contribution is -0.122. The van der Waals surface area contributed by atoms with Crippen LogP contribution in [0.4, 0.5) is 5.69 Å². The number of aryl methyl sites for hydroxylation is 1. The lowest BCUT2D eigenvalue weighted by Crippen LogP contribution is -2.46. The van der Waals surface area contributed by atoms with E-state index in [0.717, 1.165) is 27.4 Å². The topological polar surface area (TPSA) is 74.8 Å². The zero-order chi connectivity index (χ0) is 22.2. The minimum Gasteiger partial charge on any atom is -0.274 e. The van der Waals surface area contributed by atoms with Crippen molar-refractivity contribution in [1.29, 1.82) is 0 Å². The van der Waals surface area contributed by atoms with Crippen molar-refractivity contribution in [3.8, 4) is 0 Å². The number of amides is 2. The van der Waals surface area contributed by atoms with Crippen LogP contribution in [0, 0.1) is 6.92 Å². The number of imide groups is 1. The second-order valence-electron chi connectivity index (χ2n) is 7.48. The quantitative estimate of drug-likeness (QED) is 0.525. The molecule has 6 nitrogen and oxygen atoms in total. The molecule has 1 aliphatic rings. The zero-order valence-corrected chi connectivity index (χ0v) is 18.8. The smallest absolute Gasteiger partial charge is 0.253 e. The summed E-state index contributed by atoms with van der Waals surface area (Å²) in [5.74, 6) is -0.942. The standard InChI is InChI=1S/C23H22N2O4S2/c1-16-10-12-19(13-11-16)24-21(26)15-20(23(24)27)25(17(2)18-7-4-3-5-8-18)31(28,29)22-9-6-14-30-22/h3-14,17,20H,15H2,1-2H3. The zero-order valence-electron chi connectivity index (χ0n) is 17.1. The van der Waals surface area contributed by atoms with Gasteiger partial charge in [0, 0.05) is 6.04 Å². The van der Waals surface area contributed by atoms with E-state index in [1.165, 1.54) is 10.4 Å². The molecule has 0 saturated carbocycles. The van der Waals surface area contributed by atoms with Gasteiger partial charge in [-0.25, -0.2) is 13.3 Å². The Morgan fingerprint density at radius 2 is 1.68 bits per heavy atom. The van der Waals surface area contributed by atoms with Crippen molar-refractivity contribution in [3.05, 3.63) is 83.2 Å². The van der Waals surface area contributed by atoms with Gasteiger partial charge in [0.15, 0.2) is 0 Å². The fourth-order valence-electron chi connectivity index (χ4n) is 3.82. The molecule has 4 rings (SSSR count). The minimum absolute atomic E-state index is 0.143. The summed E-state index contributed by atoms with van der Waals surface area (Å²) < 4.78 is 28.5. The first-order chi connectivity index (χ1) is 14.8. The molecule has 160 valence electrons. The number of benzene rings is 2. The molecule has 1 fully saturated rings. The van der Waals surface area contributed by atoms with Crippen LogP contribution in [0.3, 0.4) is 0 Å². The van der Waals surface area contributed by atoms with Crippen molar-refractivity contribution >= 4 is 38.9 Å². The molecule has 2 unspecified atom stereocenters. The highest BCUT2D eigenvalue weighted by atomic mass is 32.2. The first-order valence-electron chi connectivity index (χ1n) is 9.86. The third kappa shape index (κ3) is 3.94. The number of carbonyl (C=O) groups is 2. The van der Waals surface area contributed by atoms with Crippen molar-refractivity contribution in [1.82, 2.24) is 4.31 Å². The average Bonchev–Trinajstić information content (AvgIpc) is 3.39. The van der Waals surface area contributed by atoms with Crippen LogP contribution in [-0.4, -0.2) is 30.6 Å². The molecule has 3 aromatic rings. The van der Waals surface area contributed by atoms with Gasteiger partial charge in [0.2, 0.25) is 5.91 Å². The van der Waals surface area contributed by atoms with Gasteiger partial charge in [0.05, 0.1) is 12.1 Å². The van der Waals surface area contributed by atoms with Gasteiger partial charge >= 0.3 is 0 Å². The second-order valence-corrected chi connectivity index (χ2v) is 10.5.